The van der Waals surface area contributed by atoms with Crippen LogP contribution in [0.1, 0.15) is 367 Å². The van der Waals surface area contributed by atoms with E-state index in [1.165, 1.54) is 263 Å². The Kier molecular flexibility index (Phi) is 61.4. The monoisotopic (exact) mass is 1030 g/mol. The second kappa shape index (κ2) is 62.9. The molecule has 73 heavy (non-hydrogen) atoms. The lowest BCUT2D eigenvalue weighted by atomic mass is 10.0. The summed E-state index contributed by atoms with van der Waals surface area (Å²) >= 11 is 0. The molecule has 0 aromatic rings. The summed E-state index contributed by atoms with van der Waals surface area (Å²) in [6, 6.07) is -0.550. The standard InChI is InChI=1S/C67H129NO5/c1-3-5-7-9-11-13-15-17-19-21-22-23-25-28-31-35-39-43-47-51-55-59-65(70)64(63-69)68-66(71)60-56-52-48-44-40-36-32-29-26-24-27-30-34-38-42-46-50-54-58-62-73-67(72)61-57-53-49-45-41-37-33-20-18-16-14-12-10-8-6-4-2/h30,34,38,42,64-65,69-70H,3-29,31-33,35-37,39-41,43-63H2,1-2H3,(H,68,71)/b34-30-,42-38-. The Bertz CT molecular complexity index is 1140. The summed E-state index contributed by atoms with van der Waals surface area (Å²) in [7, 11) is 0. The third-order valence-electron chi connectivity index (χ3n) is 15.5. The summed E-state index contributed by atoms with van der Waals surface area (Å²) < 4.78 is 5.47. The highest BCUT2D eigenvalue weighted by atomic mass is 16.5. The largest absolute Gasteiger partial charge is 0.466 e. The van der Waals surface area contributed by atoms with Gasteiger partial charge < -0.3 is 20.3 Å². The molecule has 0 fully saturated rings. The van der Waals surface area contributed by atoms with Crippen LogP contribution in [0.5, 0.6) is 0 Å². The van der Waals surface area contributed by atoms with E-state index < -0.39 is 12.1 Å². The molecule has 2 atom stereocenters. The van der Waals surface area contributed by atoms with Crippen LogP contribution in [0.15, 0.2) is 24.3 Å². The number of carbonyl (C=O) groups is 2. The number of hydrogen-bond acceptors (Lipinski definition) is 5. The van der Waals surface area contributed by atoms with Crippen LogP contribution in [0.4, 0.5) is 0 Å². The minimum Gasteiger partial charge on any atom is -0.466 e. The van der Waals surface area contributed by atoms with Crippen LogP contribution in [-0.2, 0) is 14.3 Å². The van der Waals surface area contributed by atoms with Gasteiger partial charge in [0.1, 0.15) is 0 Å². The zero-order valence-electron chi connectivity index (χ0n) is 49.4. The van der Waals surface area contributed by atoms with E-state index in [1.807, 2.05) is 0 Å². The van der Waals surface area contributed by atoms with Crippen LogP contribution in [0.25, 0.3) is 0 Å². The second-order valence-electron chi connectivity index (χ2n) is 22.8. The number of carbonyl (C=O) groups excluding carboxylic acids is 2. The summed E-state index contributed by atoms with van der Waals surface area (Å²) in [6.07, 6.45) is 77.7. The fraction of sp³-hybridized carbons (Fsp3) is 0.910. The van der Waals surface area contributed by atoms with Crippen molar-refractivity contribution in [1.82, 2.24) is 5.32 Å². The number of aliphatic hydroxyl groups excluding tert-OH is 2. The van der Waals surface area contributed by atoms with Gasteiger partial charge in [-0.1, -0.05) is 321 Å². The van der Waals surface area contributed by atoms with E-state index in [4.69, 9.17) is 4.74 Å². The highest BCUT2D eigenvalue weighted by Crippen LogP contribution is 2.18. The molecule has 0 rings (SSSR count). The lowest BCUT2D eigenvalue weighted by Crippen LogP contribution is -2.45. The first-order valence-electron chi connectivity index (χ1n) is 33.1. The second-order valence-corrected chi connectivity index (χ2v) is 22.8. The summed E-state index contributed by atoms with van der Waals surface area (Å²) in [6.45, 7) is 4.95. The predicted molar refractivity (Wildman–Crippen MR) is 320 cm³/mol. The van der Waals surface area contributed by atoms with E-state index in [0.717, 1.165) is 70.6 Å². The molecule has 0 aromatic carbocycles. The molecule has 6 nitrogen and oxygen atoms in total. The molecular formula is C67H129NO5. The van der Waals surface area contributed by atoms with Crippen molar-refractivity contribution in [2.45, 2.75) is 379 Å². The fourth-order valence-electron chi connectivity index (χ4n) is 10.5. The molecule has 0 aromatic heterocycles. The van der Waals surface area contributed by atoms with Crippen LogP contribution in [0, 0.1) is 0 Å². The molecule has 0 aliphatic heterocycles. The third kappa shape index (κ3) is 59.4. The minimum atomic E-state index is -0.672. The summed E-state index contributed by atoms with van der Waals surface area (Å²) in [4.78, 5) is 24.6. The highest BCUT2D eigenvalue weighted by molar-refractivity contribution is 5.76. The molecule has 0 saturated heterocycles. The van der Waals surface area contributed by atoms with Crippen molar-refractivity contribution in [3.05, 3.63) is 24.3 Å². The van der Waals surface area contributed by atoms with Gasteiger partial charge in [-0.15, -0.1) is 0 Å². The van der Waals surface area contributed by atoms with Crippen molar-refractivity contribution in [2.24, 2.45) is 0 Å². The maximum atomic E-state index is 12.5. The van der Waals surface area contributed by atoms with Crippen LogP contribution in [0.3, 0.4) is 0 Å². The average Bonchev–Trinajstić information content (AvgIpc) is 3.39. The Morgan fingerprint density at radius 1 is 0.384 bits per heavy atom. The van der Waals surface area contributed by atoms with Crippen LogP contribution in [0.2, 0.25) is 0 Å². The first-order valence-corrected chi connectivity index (χ1v) is 33.1. The number of esters is 1. The molecule has 2 unspecified atom stereocenters. The molecule has 432 valence electrons. The summed E-state index contributed by atoms with van der Waals surface area (Å²) in [5, 5.41) is 23.4. The third-order valence-corrected chi connectivity index (χ3v) is 15.5. The number of amides is 1. The van der Waals surface area contributed by atoms with Crippen molar-refractivity contribution >= 4 is 11.9 Å². The molecule has 0 saturated carbocycles. The molecule has 6 heteroatoms. The van der Waals surface area contributed by atoms with Gasteiger partial charge in [-0.2, -0.15) is 0 Å². The molecule has 0 radical (unpaired) electrons. The lowest BCUT2D eigenvalue weighted by Gasteiger charge is -2.22. The molecule has 1 amide bonds. The van der Waals surface area contributed by atoms with Gasteiger partial charge in [-0.3, -0.25) is 9.59 Å². The van der Waals surface area contributed by atoms with Gasteiger partial charge in [0.15, 0.2) is 0 Å². The number of rotatable bonds is 62. The molecule has 0 heterocycles. The Balaban J connectivity index is 3.46. The Morgan fingerprint density at radius 3 is 1.01 bits per heavy atom. The predicted octanol–water partition coefficient (Wildman–Crippen LogP) is 21.0. The molecular weight excluding hydrogens is 899 g/mol. The molecule has 0 aliphatic carbocycles. The smallest absolute Gasteiger partial charge is 0.305 e. The topological polar surface area (TPSA) is 95.9 Å². The number of hydrogen-bond donors (Lipinski definition) is 3. The van der Waals surface area contributed by atoms with Crippen LogP contribution < -0.4 is 5.32 Å². The maximum absolute atomic E-state index is 12.5. The average molecular weight is 1030 g/mol. The quantitative estimate of drug-likeness (QED) is 0.0320. The Morgan fingerprint density at radius 2 is 0.671 bits per heavy atom. The SMILES string of the molecule is CCCCCCCCCCCCCCCCCCCCCCCC(O)C(CO)NC(=O)CCCCCCCCCCCC/C=C\C=C/CCCCCOC(=O)CCCCCCCCCCCCCCCCCC. The zero-order valence-corrected chi connectivity index (χ0v) is 49.4. The van der Waals surface area contributed by atoms with Crippen molar-refractivity contribution < 1.29 is 24.5 Å². The number of allylic oxidation sites excluding steroid dienone is 4. The zero-order chi connectivity index (χ0) is 52.9. The first kappa shape index (κ1) is 71.3. The van der Waals surface area contributed by atoms with E-state index in [-0.39, 0.29) is 18.5 Å². The van der Waals surface area contributed by atoms with Crippen molar-refractivity contribution in [3.63, 3.8) is 0 Å². The van der Waals surface area contributed by atoms with Crippen LogP contribution >= 0.6 is 0 Å². The van der Waals surface area contributed by atoms with E-state index in [2.05, 4.69) is 43.5 Å². The first-order chi connectivity index (χ1) is 36.0. The molecule has 0 bridgehead atoms. The summed E-state index contributed by atoms with van der Waals surface area (Å²) in [5.74, 6) is -0.0500. The van der Waals surface area contributed by atoms with E-state index in [9.17, 15) is 19.8 Å². The van der Waals surface area contributed by atoms with Gasteiger partial charge in [-0.05, 0) is 57.8 Å². The van der Waals surface area contributed by atoms with Gasteiger partial charge in [0.2, 0.25) is 5.91 Å². The number of aliphatic hydroxyl groups is 2. The highest BCUT2D eigenvalue weighted by Gasteiger charge is 2.20. The number of unbranched alkanes of at least 4 members (excludes halogenated alkanes) is 48. The summed E-state index contributed by atoms with van der Waals surface area (Å²) in [5.41, 5.74) is 0. The molecule has 0 aliphatic rings. The van der Waals surface area contributed by atoms with Crippen molar-refractivity contribution in [2.75, 3.05) is 13.2 Å². The minimum absolute atomic E-state index is 0.00901. The van der Waals surface area contributed by atoms with E-state index in [1.54, 1.807) is 0 Å². The fourth-order valence-corrected chi connectivity index (χ4v) is 10.5. The van der Waals surface area contributed by atoms with E-state index in [0.29, 0.717) is 25.9 Å². The Hall–Kier alpha value is -1.66. The van der Waals surface area contributed by atoms with Gasteiger partial charge in [-0.25, -0.2) is 0 Å². The van der Waals surface area contributed by atoms with Gasteiger partial charge in [0, 0.05) is 12.8 Å². The van der Waals surface area contributed by atoms with Gasteiger partial charge >= 0.3 is 5.97 Å². The van der Waals surface area contributed by atoms with Crippen molar-refractivity contribution in [3.8, 4) is 0 Å². The van der Waals surface area contributed by atoms with Gasteiger partial charge in [0.25, 0.3) is 0 Å². The lowest BCUT2D eigenvalue weighted by molar-refractivity contribution is -0.143. The van der Waals surface area contributed by atoms with Gasteiger partial charge in [0.05, 0.1) is 25.4 Å². The maximum Gasteiger partial charge on any atom is 0.305 e. The van der Waals surface area contributed by atoms with Crippen LogP contribution in [-0.4, -0.2) is 47.4 Å². The Labute approximate surface area is 456 Å². The number of nitrogens with one attached hydrogen (secondary N) is 1. The van der Waals surface area contributed by atoms with Crippen molar-refractivity contribution in [1.29, 1.82) is 0 Å². The van der Waals surface area contributed by atoms with E-state index >= 15 is 0 Å². The normalized spacial score (nSPS) is 12.7. The molecule has 3 N–H and O–H groups in total. The number of ether oxygens (including phenoxy) is 1. The molecule has 0 spiro atoms.